The molecule has 3 atom stereocenters. The van der Waals surface area contributed by atoms with E-state index in [4.69, 9.17) is 20.1 Å². The molecule has 8 heteroatoms. The molecule has 0 aromatic carbocycles. The van der Waals surface area contributed by atoms with E-state index >= 15 is 0 Å². The van der Waals surface area contributed by atoms with Crippen molar-refractivity contribution in [1.82, 2.24) is 0 Å². The Morgan fingerprint density at radius 1 is 1.38 bits per heavy atom. The van der Waals surface area contributed by atoms with E-state index in [1.165, 1.54) is 0 Å². The number of aliphatic hydroxyl groups excluding tert-OH is 2. The fraction of sp³-hybridized carbons (Fsp3) is 0.750. The summed E-state index contributed by atoms with van der Waals surface area (Å²) in [6.45, 7) is -0.453. The Labute approximate surface area is 90.0 Å². The van der Waals surface area contributed by atoms with Crippen molar-refractivity contribution in [3.63, 3.8) is 0 Å². The van der Waals surface area contributed by atoms with E-state index in [2.05, 4.69) is 4.74 Å². The maximum absolute atomic E-state index is 10.5. The summed E-state index contributed by atoms with van der Waals surface area (Å²) >= 11 is 0. The quantitative estimate of drug-likeness (QED) is 0.403. The van der Waals surface area contributed by atoms with Gasteiger partial charge in [0.25, 0.3) is 6.10 Å². The molecule has 1 rings (SSSR count). The minimum atomic E-state index is -2.05. The predicted octanol–water partition coefficient (Wildman–Crippen LogP) is -1.99. The number of rotatable bonds is 5. The van der Waals surface area contributed by atoms with E-state index in [9.17, 15) is 14.7 Å². The maximum atomic E-state index is 10.5. The Balaban J connectivity index is 2.55. The summed E-state index contributed by atoms with van der Waals surface area (Å²) in [6.07, 6.45) is -5.16. The molecule has 0 amide bonds. The van der Waals surface area contributed by atoms with E-state index in [-0.39, 0.29) is 6.42 Å². The standard InChI is InChI=1S/C8H12O8/c9-2-4-3(10)1-5(15-4)16-6(7(11)12)8(13)14/h3-6,9-10H,1-2H2,(H,11,12)(H,13,14)/t3-,4+,5+/m0/s1. The van der Waals surface area contributed by atoms with Crippen LogP contribution in [0.25, 0.3) is 0 Å². The maximum Gasteiger partial charge on any atom is 0.344 e. The van der Waals surface area contributed by atoms with Gasteiger partial charge >= 0.3 is 11.9 Å². The first kappa shape index (κ1) is 12.8. The second-order valence-corrected chi connectivity index (χ2v) is 3.28. The van der Waals surface area contributed by atoms with E-state index in [1.54, 1.807) is 0 Å². The molecule has 0 aliphatic carbocycles. The normalized spacial score (nSPS) is 29.6. The van der Waals surface area contributed by atoms with Crippen LogP contribution < -0.4 is 0 Å². The lowest BCUT2D eigenvalue weighted by Crippen LogP contribution is -2.36. The number of hydrogen-bond acceptors (Lipinski definition) is 6. The molecule has 0 bridgehead atoms. The summed E-state index contributed by atoms with van der Waals surface area (Å²) in [5, 5.41) is 35.1. The Kier molecular flexibility index (Phi) is 4.19. The second-order valence-electron chi connectivity index (χ2n) is 3.28. The van der Waals surface area contributed by atoms with Crippen molar-refractivity contribution in [3.8, 4) is 0 Å². The van der Waals surface area contributed by atoms with Crippen LogP contribution >= 0.6 is 0 Å². The van der Waals surface area contributed by atoms with Gasteiger partial charge in [-0.05, 0) is 0 Å². The molecular weight excluding hydrogens is 224 g/mol. The van der Waals surface area contributed by atoms with Crippen molar-refractivity contribution in [3.05, 3.63) is 0 Å². The Bertz CT molecular complexity index is 263. The van der Waals surface area contributed by atoms with Crippen molar-refractivity contribution in [2.24, 2.45) is 0 Å². The largest absolute Gasteiger partial charge is 0.479 e. The van der Waals surface area contributed by atoms with E-state index in [0.29, 0.717) is 0 Å². The van der Waals surface area contributed by atoms with E-state index in [1.807, 2.05) is 0 Å². The van der Waals surface area contributed by atoms with Crippen LogP contribution in [0.3, 0.4) is 0 Å². The van der Waals surface area contributed by atoms with Gasteiger partial charge in [-0.1, -0.05) is 0 Å². The highest BCUT2D eigenvalue weighted by atomic mass is 16.7. The Hall–Kier alpha value is -1.22. The second kappa shape index (κ2) is 5.21. The first-order valence-electron chi connectivity index (χ1n) is 4.51. The molecule has 0 spiro atoms. The first-order chi connectivity index (χ1) is 7.45. The minimum Gasteiger partial charge on any atom is -0.479 e. The zero-order chi connectivity index (χ0) is 12.3. The monoisotopic (exact) mass is 236 g/mol. The highest BCUT2D eigenvalue weighted by molar-refractivity contribution is 5.96. The summed E-state index contributed by atoms with van der Waals surface area (Å²) in [7, 11) is 0. The van der Waals surface area contributed by atoms with Gasteiger partial charge in [-0.3, -0.25) is 0 Å². The summed E-state index contributed by atoms with van der Waals surface area (Å²) in [5.41, 5.74) is 0. The molecule has 0 unspecified atom stereocenters. The van der Waals surface area contributed by atoms with Crippen LogP contribution in [0.4, 0.5) is 0 Å². The molecule has 1 fully saturated rings. The van der Waals surface area contributed by atoms with Crippen LogP contribution in [0.1, 0.15) is 6.42 Å². The van der Waals surface area contributed by atoms with Gasteiger partial charge in [0.1, 0.15) is 6.10 Å². The molecule has 1 aliphatic heterocycles. The van der Waals surface area contributed by atoms with Crippen molar-refractivity contribution in [2.45, 2.75) is 31.0 Å². The molecule has 0 aromatic rings. The van der Waals surface area contributed by atoms with Gasteiger partial charge in [-0.25, -0.2) is 9.59 Å². The van der Waals surface area contributed by atoms with Crippen LogP contribution in [0, 0.1) is 0 Å². The van der Waals surface area contributed by atoms with Crippen LogP contribution in [0.15, 0.2) is 0 Å². The summed E-state index contributed by atoms with van der Waals surface area (Å²) < 4.78 is 9.55. The molecule has 1 aliphatic rings. The summed E-state index contributed by atoms with van der Waals surface area (Å²) in [6, 6.07) is 0. The Morgan fingerprint density at radius 2 is 1.94 bits per heavy atom. The third-order valence-electron chi connectivity index (χ3n) is 2.11. The number of carboxylic acids is 2. The molecule has 1 saturated heterocycles. The molecule has 0 saturated carbocycles. The zero-order valence-electron chi connectivity index (χ0n) is 8.15. The number of hydrogen-bond donors (Lipinski definition) is 4. The van der Waals surface area contributed by atoms with Crippen molar-refractivity contribution in [1.29, 1.82) is 0 Å². The molecule has 1 heterocycles. The van der Waals surface area contributed by atoms with Crippen LogP contribution in [-0.2, 0) is 19.1 Å². The average Bonchev–Trinajstić information content (AvgIpc) is 2.54. The van der Waals surface area contributed by atoms with Crippen molar-refractivity contribution in [2.75, 3.05) is 6.61 Å². The lowest BCUT2D eigenvalue weighted by molar-refractivity contribution is -0.198. The predicted molar refractivity (Wildman–Crippen MR) is 46.5 cm³/mol. The van der Waals surface area contributed by atoms with Crippen molar-refractivity contribution >= 4 is 11.9 Å². The minimum absolute atomic E-state index is 0.0811. The molecule has 4 N–H and O–H groups in total. The lowest BCUT2D eigenvalue weighted by atomic mass is 10.2. The third kappa shape index (κ3) is 2.89. The molecule has 0 aromatic heterocycles. The summed E-state index contributed by atoms with van der Waals surface area (Å²) in [4.78, 5) is 21.0. The zero-order valence-corrected chi connectivity index (χ0v) is 8.15. The van der Waals surface area contributed by atoms with Gasteiger partial charge in [0.2, 0.25) is 0 Å². The number of aliphatic carboxylic acids is 2. The topological polar surface area (TPSA) is 134 Å². The van der Waals surface area contributed by atoms with Gasteiger partial charge < -0.3 is 29.9 Å². The molecular formula is C8H12O8. The smallest absolute Gasteiger partial charge is 0.344 e. The molecule has 0 radical (unpaired) electrons. The highest BCUT2D eigenvalue weighted by Gasteiger charge is 2.38. The van der Waals surface area contributed by atoms with Crippen LogP contribution in [0.5, 0.6) is 0 Å². The van der Waals surface area contributed by atoms with Gasteiger partial charge in [0.05, 0.1) is 12.7 Å². The van der Waals surface area contributed by atoms with Gasteiger partial charge in [-0.15, -0.1) is 0 Å². The van der Waals surface area contributed by atoms with E-state index in [0.717, 1.165) is 0 Å². The van der Waals surface area contributed by atoms with Gasteiger partial charge in [0.15, 0.2) is 6.29 Å². The van der Waals surface area contributed by atoms with Crippen molar-refractivity contribution < 1.29 is 39.5 Å². The average molecular weight is 236 g/mol. The molecule has 8 nitrogen and oxygen atoms in total. The highest BCUT2D eigenvalue weighted by Crippen LogP contribution is 2.22. The van der Waals surface area contributed by atoms with Gasteiger partial charge in [-0.2, -0.15) is 0 Å². The number of carboxylic acid groups (broad SMARTS) is 2. The third-order valence-corrected chi connectivity index (χ3v) is 2.11. The SMILES string of the molecule is O=C(O)C(O[C@@H]1C[C@H](O)[C@@H](CO)O1)C(=O)O. The van der Waals surface area contributed by atoms with Crippen LogP contribution in [-0.4, -0.2) is 63.6 Å². The van der Waals surface area contributed by atoms with Crippen LogP contribution in [0.2, 0.25) is 0 Å². The molecule has 16 heavy (non-hydrogen) atoms. The van der Waals surface area contributed by atoms with Gasteiger partial charge in [0, 0.05) is 6.42 Å². The number of carbonyl (C=O) groups is 2. The fourth-order valence-electron chi connectivity index (χ4n) is 1.32. The summed E-state index contributed by atoms with van der Waals surface area (Å²) in [5.74, 6) is -3.31. The van der Waals surface area contributed by atoms with E-state index < -0.39 is 43.1 Å². The Morgan fingerprint density at radius 3 is 2.31 bits per heavy atom. The molecule has 92 valence electrons. The first-order valence-corrected chi connectivity index (χ1v) is 4.51. The number of ether oxygens (including phenoxy) is 2. The fourth-order valence-corrected chi connectivity index (χ4v) is 1.32. The number of aliphatic hydroxyl groups is 2. The lowest BCUT2D eigenvalue weighted by Gasteiger charge is -2.15.